The standard InChI is InChI=1S/C24H26N2O5/c1-30-19-9-7-18(8-10-19)22(27)20-21(17-5-3-2-4-6-17)26(24(29)23(20)28)12-11-25-13-15-31-16-14-25/h2-10,21,27H,11-16H2,1H3/b22-20+/t21-/m0/s1. The number of hydrogen-bond acceptors (Lipinski definition) is 6. The van der Waals surface area contributed by atoms with Crippen molar-refractivity contribution in [1.82, 2.24) is 9.80 Å². The Morgan fingerprint density at radius 3 is 2.35 bits per heavy atom. The van der Waals surface area contributed by atoms with Gasteiger partial charge in [0.15, 0.2) is 0 Å². The van der Waals surface area contributed by atoms with Gasteiger partial charge in [0.25, 0.3) is 11.7 Å². The molecule has 2 saturated heterocycles. The number of benzene rings is 2. The summed E-state index contributed by atoms with van der Waals surface area (Å²) in [4.78, 5) is 29.8. The van der Waals surface area contributed by atoms with Gasteiger partial charge in [0, 0.05) is 31.7 Å². The fourth-order valence-corrected chi connectivity index (χ4v) is 4.07. The van der Waals surface area contributed by atoms with E-state index in [1.165, 1.54) is 0 Å². The van der Waals surface area contributed by atoms with Crippen molar-refractivity contribution < 1.29 is 24.2 Å². The van der Waals surface area contributed by atoms with Gasteiger partial charge in [-0.15, -0.1) is 0 Å². The van der Waals surface area contributed by atoms with Crippen LogP contribution in [0.1, 0.15) is 17.2 Å². The van der Waals surface area contributed by atoms with Crippen LogP contribution in [0.4, 0.5) is 0 Å². The summed E-state index contributed by atoms with van der Waals surface area (Å²) in [5.74, 6) is -0.785. The summed E-state index contributed by atoms with van der Waals surface area (Å²) in [6, 6.07) is 15.5. The third-order valence-corrected chi connectivity index (χ3v) is 5.78. The number of Topliss-reactive ketones (excluding diaryl/α,β-unsaturated/α-hetero) is 1. The fraction of sp³-hybridized carbons (Fsp3) is 0.333. The van der Waals surface area contributed by atoms with E-state index in [9.17, 15) is 14.7 Å². The second kappa shape index (κ2) is 9.32. The maximum Gasteiger partial charge on any atom is 0.295 e. The molecule has 2 heterocycles. The van der Waals surface area contributed by atoms with Crippen LogP contribution >= 0.6 is 0 Å². The summed E-state index contributed by atoms with van der Waals surface area (Å²) in [6.45, 7) is 3.96. The van der Waals surface area contributed by atoms with Gasteiger partial charge < -0.3 is 19.5 Å². The van der Waals surface area contributed by atoms with Crippen molar-refractivity contribution in [3.63, 3.8) is 0 Å². The SMILES string of the molecule is COc1ccc(/C(O)=C2\C(=O)C(=O)N(CCN3CCOCC3)[C@H]2c2ccccc2)cc1. The minimum absolute atomic E-state index is 0.114. The van der Waals surface area contributed by atoms with Crippen molar-refractivity contribution >= 4 is 17.4 Å². The zero-order valence-electron chi connectivity index (χ0n) is 17.5. The molecule has 1 amide bonds. The van der Waals surface area contributed by atoms with Crippen LogP contribution in [0.5, 0.6) is 5.75 Å². The van der Waals surface area contributed by atoms with Crippen molar-refractivity contribution in [2.45, 2.75) is 6.04 Å². The van der Waals surface area contributed by atoms with E-state index in [1.54, 1.807) is 36.3 Å². The fourth-order valence-electron chi connectivity index (χ4n) is 4.07. The molecule has 2 aromatic carbocycles. The summed E-state index contributed by atoms with van der Waals surface area (Å²) < 4.78 is 10.6. The zero-order chi connectivity index (χ0) is 21.8. The summed E-state index contributed by atoms with van der Waals surface area (Å²) >= 11 is 0. The van der Waals surface area contributed by atoms with E-state index in [-0.39, 0.29) is 11.3 Å². The molecule has 0 radical (unpaired) electrons. The summed E-state index contributed by atoms with van der Waals surface area (Å²) in [5, 5.41) is 11.1. The highest BCUT2D eigenvalue weighted by Gasteiger charge is 2.45. The first-order valence-electron chi connectivity index (χ1n) is 10.4. The molecule has 162 valence electrons. The van der Waals surface area contributed by atoms with Gasteiger partial charge in [-0.3, -0.25) is 14.5 Å². The van der Waals surface area contributed by atoms with Gasteiger partial charge >= 0.3 is 0 Å². The second-order valence-electron chi connectivity index (χ2n) is 7.59. The van der Waals surface area contributed by atoms with Gasteiger partial charge in [0.05, 0.1) is 31.9 Å². The lowest BCUT2D eigenvalue weighted by Gasteiger charge is -2.31. The van der Waals surface area contributed by atoms with Gasteiger partial charge in [-0.2, -0.15) is 0 Å². The van der Waals surface area contributed by atoms with Crippen LogP contribution in [-0.2, 0) is 14.3 Å². The zero-order valence-corrected chi connectivity index (χ0v) is 17.5. The molecule has 0 unspecified atom stereocenters. The van der Waals surface area contributed by atoms with Crippen molar-refractivity contribution in [3.05, 3.63) is 71.3 Å². The van der Waals surface area contributed by atoms with Crippen molar-refractivity contribution in [2.75, 3.05) is 46.5 Å². The number of aliphatic hydroxyl groups excluding tert-OH is 1. The van der Waals surface area contributed by atoms with Crippen LogP contribution < -0.4 is 4.74 Å². The highest BCUT2D eigenvalue weighted by molar-refractivity contribution is 6.46. The van der Waals surface area contributed by atoms with E-state index in [1.807, 2.05) is 30.3 Å². The van der Waals surface area contributed by atoms with Crippen LogP contribution in [0.3, 0.4) is 0 Å². The Bertz CT molecular complexity index is 965. The molecule has 0 spiro atoms. The van der Waals surface area contributed by atoms with E-state index < -0.39 is 17.7 Å². The number of hydrogen-bond donors (Lipinski definition) is 1. The number of carbonyl (C=O) groups excluding carboxylic acids is 2. The molecule has 0 aromatic heterocycles. The molecule has 7 nitrogen and oxygen atoms in total. The molecule has 2 aromatic rings. The molecule has 31 heavy (non-hydrogen) atoms. The number of likely N-dealkylation sites (tertiary alicyclic amines) is 1. The van der Waals surface area contributed by atoms with E-state index in [0.717, 1.165) is 18.7 Å². The second-order valence-corrected chi connectivity index (χ2v) is 7.59. The van der Waals surface area contributed by atoms with Gasteiger partial charge in [0.2, 0.25) is 0 Å². The van der Waals surface area contributed by atoms with E-state index in [2.05, 4.69) is 4.90 Å². The first kappa shape index (κ1) is 21.1. The number of amides is 1. The normalized spacial score (nSPS) is 21.5. The number of carbonyl (C=O) groups is 2. The Balaban J connectivity index is 1.70. The maximum atomic E-state index is 13.0. The van der Waals surface area contributed by atoms with E-state index in [0.29, 0.717) is 37.6 Å². The Labute approximate surface area is 181 Å². The Kier molecular flexibility index (Phi) is 6.34. The molecule has 2 aliphatic heterocycles. The average molecular weight is 422 g/mol. The molecule has 0 bridgehead atoms. The average Bonchev–Trinajstić information content (AvgIpc) is 3.08. The van der Waals surface area contributed by atoms with Crippen molar-refractivity contribution in [1.29, 1.82) is 0 Å². The summed E-state index contributed by atoms with van der Waals surface area (Å²) in [6.07, 6.45) is 0. The van der Waals surface area contributed by atoms with Crippen LogP contribution in [0, 0.1) is 0 Å². The highest BCUT2D eigenvalue weighted by atomic mass is 16.5. The predicted octanol–water partition coefficient (Wildman–Crippen LogP) is 2.45. The maximum absolute atomic E-state index is 13.0. The minimum atomic E-state index is -0.663. The third-order valence-electron chi connectivity index (χ3n) is 5.78. The Hall–Kier alpha value is -3.16. The molecule has 1 N–H and O–H groups in total. The number of ether oxygens (including phenoxy) is 2. The minimum Gasteiger partial charge on any atom is -0.507 e. The molecule has 2 fully saturated rings. The number of nitrogens with zero attached hydrogens (tertiary/aromatic N) is 2. The molecule has 2 aliphatic rings. The lowest BCUT2D eigenvalue weighted by Crippen LogP contribution is -2.42. The smallest absolute Gasteiger partial charge is 0.295 e. The Morgan fingerprint density at radius 2 is 1.71 bits per heavy atom. The van der Waals surface area contributed by atoms with Gasteiger partial charge in [-0.1, -0.05) is 30.3 Å². The van der Waals surface area contributed by atoms with Gasteiger partial charge in [-0.05, 0) is 29.8 Å². The highest BCUT2D eigenvalue weighted by Crippen LogP contribution is 2.39. The summed E-state index contributed by atoms with van der Waals surface area (Å²) in [7, 11) is 1.56. The number of methoxy groups -OCH3 is 1. The van der Waals surface area contributed by atoms with Gasteiger partial charge in [-0.25, -0.2) is 0 Å². The number of aliphatic hydroxyl groups is 1. The topological polar surface area (TPSA) is 79.3 Å². The predicted molar refractivity (Wildman–Crippen MR) is 116 cm³/mol. The van der Waals surface area contributed by atoms with Crippen LogP contribution in [-0.4, -0.2) is 73.1 Å². The molecule has 0 saturated carbocycles. The number of morpholine rings is 1. The summed E-state index contributed by atoms with van der Waals surface area (Å²) in [5.41, 5.74) is 1.37. The molecular weight excluding hydrogens is 396 g/mol. The largest absolute Gasteiger partial charge is 0.507 e. The van der Waals surface area contributed by atoms with Crippen LogP contribution in [0.2, 0.25) is 0 Å². The molecular formula is C24H26N2O5. The first-order chi connectivity index (χ1) is 15.1. The molecule has 7 heteroatoms. The lowest BCUT2D eigenvalue weighted by molar-refractivity contribution is -0.140. The van der Waals surface area contributed by atoms with Crippen molar-refractivity contribution in [2.24, 2.45) is 0 Å². The monoisotopic (exact) mass is 422 g/mol. The third kappa shape index (κ3) is 4.33. The van der Waals surface area contributed by atoms with Crippen LogP contribution in [0.25, 0.3) is 5.76 Å². The van der Waals surface area contributed by atoms with E-state index >= 15 is 0 Å². The van der Waals surface area contributed by atoms with Crippen molar-refractivity contribution in [3.8, 4) is 5.75 Å². The quantitative estimate of drug-likeness (QED) is 0.438. The lowest BCUT2D eigenvalue weighted by atomic mass is 9.95. The van der Waals surface area contributed by atoms with E-state index in [4.69, 9.17) is 9.47 Å². The first-order valence-corrected chi connectivity index (χ1v) is 10.4. The van der Waals surface area contributed by atoms with Gasteiger partial charge in [0.1, 0.15) is 11.5 Å². The molecule has 4 rings (SSSR count). The molecule has 1 atom stereocenters. The number of rotatable bonds is 6. The van der Waals surface area contributed by atoms with Crippen LogP contribution in [0.15, 0.2) is 60.2 Å². The molecule has 0 aliphatic carbocycles. The Morgan fingerprint density at radius 1 is 1.03 bits per heavy atom. The number of ketones is 1.